The van der Waals surface area contributed by atoms with E-state index in [2.05, 4.69) is 0 Å². The molecule has 0 saturated carbocycles. The summed E-state index contributed by atoms with van der Waals surface area (Å²) in [4.78, 5) is 10.6. The maximum atomic E-state index is 10.6. The quantitative estimate of drug-likeness (QED) is 0.592. The predicted molar refractivity (Wildman–Crippen MR) is 56.6 cm³/mol. The molecule has 14 heavy (non-hydrogen) atoms. The van der Waals surface area contributed by atoms with Crippen molar-refractivity contribution in [3.8, 4) is 0 Å². The molecule has 0 saturated heterocycles. The molecule has 2 nitrogen and oxygen atoms in total. The van der Waals surface area contributed by atoms with Crippen LogP contribution in [-0.2, 0) is 16.0 Å². The monoisotopic (exact) mass is 232 g/mol. The second-order valence-corrected chi connectivity index (χ2v) is 3.78. The molecule has 0 heterocycles. The SMILES string of the molecule is CC(=O)OC(Cl)Cc1cccc(Cl)c1. The molecular weight excluding hydrogens is 223 g/mol. The molecule has 0 aliphatic carbocycles. The molecule has 1 aromatic rings. The number of halogens is 2. The number of hydrogen-bond acceptors (Lipinski definition) is 2. The van der Waals surface area contributed by atoms with Crippen LogP contribution in [0.5, 0.6) is 0 Å². The zero-order chi connectivity index (χ0) is 10.6. The summed E-state index contributed by atoms with van der Waals surface area (Å²) in [6.07, 6.45) is 0.460. The molecule has 0 spiro atoms. The highest BCUT2D eigenvalue weighted by Gasteiger charge is 2.08. The van der Waals surface area contributed by atoms with Gasteiger partial charge in [-0.2, -0.15) is 0 Å². The summed E-state index contributed by atoms with van der Waals surface area (Å²) < 4.78 is 4.78. The lowest BCUT2D eigenvalue weighted by Gasteiger charge is -2.09. The standard InChI is InChI=1S/C10H10Cl2O2/c1-7(13)14-10(12)6-8-3-2-4-9(11)5-8/h2-5,10H,6H2,1H3. The Hall–Kier alpha value is -0.730. The molecule has 0 radical (unpaired) electrons. The zero-order valence-electron chi connectivity index (χ0n) is 7.67. The Morgan fingerprint density at radius 1 is 1.57 bits per heavy atom. The molecule has 0 aromatic heterocycles. The van der Waals surface area contributed by atoms with E-state index in [1.165, 1.54) is 6.92 Å². The Kier molecular flexibility index (Phi) is 4.23. The highest BCUT2D eigenvalue weighted by Crippen LogP contribution is 2.14. The van der Waals surface area contributed by atoms with Crippen molar-refractivity contribution in [1.82, 2.24) is 0 Å². The Balaban J connectivity index is 2.55. The summed E-state index contributed by atoms with van der Waals surface area (Å²) in [6.45, 7) is 1.33. The maximum absolute atomic E-state index is 10.6. The first-order chi connectivity index (χ1) is 6.58. The van der Waals surface area contributed by atoms with Crippen molar-refractivity contribution in [1.29, 1.82) is 0 Å². The van der Waals surface area contributed by atoms with Gasteiger partial charge in [-0.15, -0.1) is 0 Å². The first-order valence-electron chi connectivity index (χ1n) is 4.13. The summed E-state index contributed by atoms with van der Waals surface area (Å²) in [5.74, 6) is -0.382. The number of hydrogen-bond donors (Lipinski definition) is 0. The molecule has 1 aromatic carbocycles. The molecule has 0 fully saturated rings. The van der Waals surface area contributed by atoms with Crippen molar-refractivity contribution in [2.45, 2.75) is 18.9 Å². The van der Waals surface area contributed by atoms with Crippen LogP contribution in [0.1, 0.15) is 12.5 Å². The minimum absolute atomic E-state index is 0.382. The van der Waals surface area contributed by atoms with Gasteiger partial charge < -0.3 is 4.74 Å². The van der Waals surface area contributed by atoms with Crippen LogP contribution in [0.15, 0.2) is 24.3 Å². The molecule has 1 rings (SSSR count). The summed E-state index contributed by atoms with van der Waals surface area (Å²) in [7, 11) is 0. The number of esters is 1. The third-order valence-corrected chi connectivity index (χ3v) is 2.06. The topological polar surface area (TPSA) is 26.3 Å². The van der Waals surface area contributed by atoms with Gasteiger partial charge in [0, 0.05) is 18.4 Å². The smallest absolute Gasteiger partial charge is 0.304 e. The van der Waals surface area contributed by atoms with Crippen LogP contribution in [0.25, 0.3) is 0 Å². The van der Waals surface area contributed by atoms with E-state index >= 15 is 0 Å². The highest BCUT2D eigenvalue weighted by molar-refractivity contribution is 6.30. The first-order valence-corrected chi connectivity index (χ1v) is 4.95. The average Bonchev–Trinajstić information content (AvgIpc) is 2.01. The van der Waals surface area contributed by atoms with Gasteiger partial charge in [0.1, 0.15) is 0 Å². The normalized spacial score (nSPS) is 12.2. The molecule has 4 heteroatoms. The number of carbonyl (C=O) groups excluding carboxylic acids is 1. The van der Waals surface area contributed by atoms with E-state index in [0.717, 1.165) is 5.56 Å². The Labute approximate surface area is 92.8 Å². The van der Waals surface area contributed by atoms with Crippen LogP contribution < -0.4 is 0 Å². The van der Waals surface area contributed by atoms with Crippen LogP contribution in [-0.4, -0.2) is 11.5 Å². The fourth-order valence-electron chi connectivity index (χ4n) is 1.07. The summed E-state index contributed by atoms with van der Waals surface area (Å²) in [5.41, 5.74) is 0.310. The third kappa shape index (κ3) is 3.99. The van der Waals surface area contributed by atoms with Gasteiger partial charge in [0.15, 0.2) is 5.56 Å². The van der Waals surface area contributed by atoms with Crippen LogP contribution in [0.3, 0.4) is 0 Å². The largest absolute Gasteiger partial charge is 0.446 e. The van der Waals surface area contributed by atoms with Crippen molar-refractivity contribution in [2.75, 3.05) is 0 Å². The Morgan fingerprint density at radius 2 is 2.29 bits per heavy atom. The maximum Gasteiger partial charge on any atom is 0.304 e. The van der Waals surface area contributed by atoms with Crippen molar-refractivity contribution in [3.05, 3.63) is 34.9 Å². The van der Waals surface area contributed by atoms with E-state index in [1.54, 1.807) is 12.1 Å². The minimum atomic E-state index is -0.633. The van der Waals surface area contributed by atoms with Gasteiger partial charge in [0.05, 0.1) is 0 Å². The molecule has 1 atom stereocenters. The van der Waals surface area contributed by atoms with Crippen molar-refractivity contribution in [3.63, 3.8) is 0 Å². The molecule has 76 valence electrons. The fraction of sp³-hybridized carbons (Fsp3) is 0.300. The lowest BCUT2D eigenvalue weighted by molar-refractivity contribution is -0.142. The van der Waals surface area contributed by atoms with Crippen molar-refractivity contribution >= 4 is 29.2 Å². The van der Waals surface area contributed by atoms with E-state index in [9.17, 15) is 4.79 Å². The first kappa shape index (κ1) is 11.3. The third-order valence-electron chi connectivity index (χ3n) is 1.58. The summed E-state index contributed by atoms with van der Waals surface area (Å²) in [5, 5.41) is 0.647. The van der Waals surface area contributed by atoms with Crippen LogP contribution in [0.2, 0.25) is 5.02 Å². The van der Waals surface area contributed by atoms with Gasteiger partial charge in [-0.3, -0.25) is 4.79 Å². The number of benzene rings is 1. The second kappa shape index (κ2) is 5.23. The van der Waals surface area contributed by atoms with Crippen LogP contribution >= 0.6 is 23.2 Å². The fourth-order valence-corrected chi connectivity index (χ4v) is 1.59. The lowest BCUT2D eigenvalue weighted by atomic mass is 10.2. The summed E-state index contributed by atoms with van der Waals surface area (Å²) in [6, 6.07) is 7.28. The van der Waals surface area contributed by atoms with Gasteiger partial charge in [0.2, 0.25) is 0 Å². The second-order valence-electron chi connectivity index (χ2n) is 2.85. The molecular formula is C10H10Cl2O2. The van der Waals surface area contributed by atoms with E-state index in [4.69, 9.17) is 27.9 Å². The molecule has 1 unspecified atom stereocenters. The van der Waals surface area contributed by atoms with E-state index < -0.39 is 5.56 Å². The van der Waals surface area contributed by atoms with Gasteiger partial charge in [0.25, 0.3) is 0 Å². The van der Waals surface area contributed by atoms with Gasteiger partial charge in [-0.25, -0.2) is 0 Å². The van der Waals surface area contributed by atoms with E-state index in [0.29, 0.717) is 11.4 Å². The molecule has 0 N–H and O–H groups in total. The van der Waals surface area contributed by atoms with Crippen molar-refractivity contribution < 1.29 is 9.53 Å². The number of ether oxygens (including phenoxy) is 1. The van der Waals surface area contributed by atoms with Gasteiger partial charge in [-0.05, 0) is 17.7 Å². The molecule has 0 aliphatic heterocycles. The van der Waals surface area contributed by atoms with Crippen LogP contribution in [0, 0.1) is 0 Å². The van der Waals surface area contributed by atoms with E-state index in [-0.39, 0.29) is 5.97 Å². The Morgan fingerprint density at radius 3 is 2.86 bits per heavy atom. The van der Waals surface area contributed by atoms with Crippen molar-refractivity contribution in [2.24, 2.45) is 0 Å². The Bertz CT molecular complexity index is 326. The highest BCUT2D eigenvalue weighted by atomic mass is 35.5. The molecule has 0 amide bonds. The van der Waals surface area contributed by atoms with Gasteiger partial charge in [-0.1, -0.05) is 35.3 Å². The number of alkyl halides is 1. The lowest BCUT2D eigenvalue weighted by Crippen LogP contribution is -2.12. The minimum Gasteiger partial charge on any atom is -0.446 e. The average molecular weight is 233 g/mol. The zero-order valence-corrected chi connectivity index (χ0v) is 9.18. The summed E-state index contributed by atoms with van der Waals surface area (Å²) >= 11 is 11.6. The van der Waals surface area contributed by atoms with Crippen LogP contribution in [0.4, 0.5) is 0 Å². The predicted octanol–water partition coefficient (Wildman–Crippen LogP) is 3.01. The number of carbonyl (C=O) groups is 1. The molecule has 0 aliphatic rings. The number of rotatable bonds is 3. The van der Waals surface area contributed by atoms with E-state index in [1.807, 2.05) is 12.1 Å². The van der Waals surface area contributed by atoms with Gasteiger partial charge >= 0.3 is 5.97 Å². The molecule has 0 bridgehead atoms.